The number of carbonyl (C=O) groups excluding carboxylic acids is 2. The second-order valence-corrected chi connectivity index (χ2v) is 9.45. The summed E-state index contributed by atoms with van der Waals surface area (Å²) < 4.78 is 44.5. The summed E-state index contributed by atoms with van der Waals surface area (Å²) in [7, 11) is 6.24. The number of aliphatic hydroxyl groups excluding tert-OH is 2. The molecule has 0 rings (SSSR count). The van der Waals surface area contributed by atoms with Gasteiger partial charge in [0.1, 0.15) is 13.1 Å². The number of hydrogen-bond donors (Lipinski definition) is 2. The van der Waals surface area contributed by atoms with Crippen molar-refractivity contribution in [1.29, 1.82) is 0 Å². The van der Waals surface area contributed by atoms with Crippen molar-refractivity contribution in [2.24, 2.45) is 0 Å². The van der Waals surface area contributed by atoms with Gasteiger partial charge in [0.25, 0.3) is 12.6 Å². The average Bonchev–Trinajstić information content (AvgIpc) is 2.41. The van der Waals surface area contributed by atoms with Gasteiger partial charge in [0.15, 0.2) is 0 Å². The Balaban J connectivity index is -0.000000416. The highest BCUT2D eigenvalue weighted by atomic mass is 32.3. The summed E-state index contributed by atoms with van der Waals surface area (Å²) in [5.74, 6) is -1.11. The number of hydrogen-bond acceptors (Lipinski definition) is 10. The topological polar surface area (TPSA) is 173 Å². The van der Waals surface area contributed by atoms with E-state index in [0.717, 1.165) is 0 Å². The fourth-order valence-electron chi connectivity index (χ4n) is 1.46. The van der Waals surface area contributed by atoms with Crippen LogP contribution in [0.3, 0.4) is 0 Å². The number of nitrogens with zero attached hydrogens (tertiary/aromatic N) is 2. The number of ether oxygens (including phenoxy) is 2. The molecule has 0 heterocycles. The maximum Gasteiger partial charge on any atom is 0.335 e. The highest BCUT2D eigenvalue weighted by Crippen LogP contribution is 2.01. The van der Waals surface area contributed by atoms with Gasteiger partial charge >= 0.3 is 11.9 Å². The van der Waals surface area contributed by atoms with E-state index in [-0.39, 0.29) is 0 Å². The molecule has 0 saturated heterocycles. The zero-order valence-electron chi connectivity index (χ0n) is 19.4. The van der Waals surface area contributed by atoms with Gasteiger partial charge in [-0.25, -0.2) is 9.59 Å². The first-order valence-corrected chi connectivity index (χ1v) is 10.1. The molecule has 0 amide bonds. The number of quaternary nitrogens is 2. The minimum atomic E-state index is -5.17. The van der Waals surface area contributed by atoms with Crippen molar-refractivity contribution >= 4 is 22.3 Å². The Bertz CT molecular complexity index is 652. The standard InChI is InChI=1S/2C9H18NO3.H2O4S/c2*1-7(2)9(12)13-8(11)6-10(3,4)5;1-5(2,3)4/h2*8,11H,1,6H2,2-5H3;(H2,1,2,3,4)/q2*+1;/p-2. The lowest BCUT2D eigenvalue weighted by Gasteiger charge is -2.26. The molecule has 13 heteroatoms. The zero-order chi connectivity index (χ0) is 25.8. The van der Waals surface area contributed by atoms with Gasteiger partial charge in [0.2, 0.25) is 0 Å². The van der Waals surface area contributed by atoms with Crippen LogP contribution in [0.2, 0.25) is 0 Å². The lowest BCUT2D eigenvalue weighted by atomic mass is 10.4. The number of aliphatic hydroxyl groups is 2. The van der Waals surface area contributed by atoms with Crippen LogP contribution in [0, 0.1) is 0 Å². The fraction of sp³-hybridized carbons (Fsp3) is 0.667. The third-order valence-electron chi connectivity index (χ3n) is 2.59. The van der Waals surface area contributed by atoms with Crippen LogP contribution in [0.25, 0.3) is 0 Å². The van der Waals surface area contributed by atoms with Gasteiger partial charge in [0.05, 0.1) is 42.3 Å². The van der Waals surface area contributed by atoms with E-state index < -0.39 is 34.9 Å². The van der Waals surface area contributed by atoms with Crippen LogP contribution < -0.4 is 0 Å². The molecule has 31 heavy (non-hydrogen) atoms. The van der Waals surface area contributed by atoms with Gasteiger partial charge in [-0.2, -0.15) is 0 Å². The summed E-state index contributed by atoms with van der Waals surface area (Å²) in [5, 5.41) is 18.6. The normalized spacial score (nSPS) is 13.3. The third-order valence-corrected chi connectivity index (χ3v) is 2.59. The van der Waals surface area contributed by atoms with Crippen LogP contribution in [0.4, 0.5) is 0 Å². The molecule has 2 unspecified atom stereocenters. The molecule has 0 fully saturated rings. The van der Waals surface area contributed by atoms with Crippen molar-refractivity contribution in [2.45, 2.75) is 26.4 Å². The van der Waals surface area contributed by atoms with Crippen LogP contribution >= 0.6 is 0 Å². The van der Waals surface area contributed by atoms with E-state index in [9.17, 15) is 19.8 Å². The Labute approximate surface area is 184 Å². The molecule has 0 spiro atoms. The minimum Gasteiger partial charge on any atom is -0.759 e. The van der Waals surface area contributed by atoms with E-state index in [0.29, 0.717) is 33.2 Å². The Hall–Kier alpha value is -1.87. The van der Waals surface area contributed by atoms with Gasteiger partial charge < -0.3 is 37.8 Å². The lowest BCUT2D eigenvalue weighted by Crippen LogP contribution is -2.43. The molecular weight excluding hydrogens is 436 g/mol. The van der Waals surface area contributed by atoms with E-state index in [1.807, 2.05) is 42.3 Å². The Kier molecular flexibility index (Phi) is 15.5. The Morgan fingerprint density at radius 3 is 1.13 bits per heavy atom. The number of esters is 2. The van der Waals surface area contributed by atoms with E-state index in [1.54, 1.807) is 13.8 Å². The van der Waals surface area contributed by atoms with Gasteiger partial charge in [-0.3, -0.25) is 8.42 Å². The Morgan fingerprint density at radius 1 is 0.806 bits per heavy atom. The lowest BCUT2D eigenvalue weighted by molar-refractivity contribution is -0.876. The summed E-state index contributed by atoms with van der Waals surface area (Å²) in [6, 6.07) is 0. The summed E-state index contributed by atoms with van der Waals surface area (Å²) in [6.45, 7) is 10.6. The third kappa shape index (κ3) is 33.0. The first kappa shape index (κ1) is 33.8. The largest absolute Gasteiger partial charge is 0.759 e. The van der Waals surface area contributed by atoms with E-state index >= 15 is 0 Å². The quantitative estimate of drug-likeness (QED) is 0.110. The molecule has 2 atom stereocenters. The SMILES string of the molecule is C=C(C)C(=O)OC(O)C[N+](C)(C)C.C=C(C)C(=O)OC(O)C[N+](C)(C)C.O=S(=O)([O-])[O-]. The minimum absolute atomic E-state index is 0.292. The smallest absolute Gasteiger partial charge is 0.335 e. The van der Waals surface area contributed by atoms with Crippen LogP contribution in [0.1, 0.15) is 13.8 Å². The molecule has 0 aliphatic carbocycles. The molecule has 0 aliphatic rings. The molecule has 0 bridgehead atoms. The van der Waals surface area contributed by atoms with Gasteiger partial charge in [-0.1, -0.05) is 13.2 Å². The molecule has 2 N–H and O–H groups in total. The number of rotatable bonds is 8. The summed E-state index contributed by atoms with van der Waals surface area (Å²) in [6.07, 6.45) is -2.13. The molecule has 0 saturated carbocycles. The Morgan fingerprint density at radius 2 is 1.00 bits per heavy atom. The van der Waals surface area contributed by atoms with Crippen molar-refractivity contribution in [3.63, 3.8) is 0 Å². The van der Waals surface area contributed by atoms with E-state index in [4.69, 9.17) is 17.5 Å². The number of carbonyl (C=O) groups is 2. The predicted molar refractivity (Wildman–Crippen MR) is 110 cm³/mol. The fourth-order valence-corrected chi connectivity index (χ4v) is 1.46. The molecule has 0 aromatic carbocycles. The van der Waals surface area contributed by atoms with Gasteiger partial charge in [-0.15, -0.1) is 0 Å². The maximum atomic E-state index is 11.0. The van der Waals surface area contributed by atoms with Crippen LogP contribution in [-0.2, 0) is 29.5 Å². The maximum absolute atomic E-state index is 11.0. The van der Waals surface area contributed by atoms with Crippen molar-refractivity contribution in [2.75, 3.05) is 55.4 Å². The molecule has 0 aliphatic heterocycles. The molecule has 0 aromatic heterocycles. The van der Waals surface area contributed by atoms with E-state index in [2.05, 4.69) is 22.6 Å². The summed E-state index contributed by atoms with van der Waals surface area (Å²) in [4.78, 5) is 21.9. The first-order chi connectivity index (χ1) is 13.4. The molecule has 0 radical (unpaired) electrons. The van der Waals surface area contributed by atoms with Crippen molar-refractivity contribution < 1.29 is 55.8 Å². The van der Waals surface area contributed by atoms with Gasteiger partial charge in [0, 0.05) is 21.5 Å². The monoisotopic (exact) mass is 472 g/mol. The second kappa shape index (κ2) is 14.2. The van der Waals surface area contributed by atoms with Crippen molar-refractivity contribution in [3.8, 4) is 0 Å². The highest BCUT2D eigenvalue weighted by Gasteiger charge is 2.20. The van der Waals surface area contributed by atoms with Crippen LogP contribution in [0.5, 0.6) is 0 Å². The van der Waals surface area contributed by atoms with E-state index in [1.165, 1.54) is 0 Å². The van der Waals surface area contributed by atoms with Crippen LogP contribution in [0.15, 0.2) is 24.3 Å². The van der Waals surface area contributed by atoms with Gasteiger partial charge in [-0.05, 0) is 13.8 Å². The van der Waals surface area contributed by atoms with Crippen molar-refractivity contribution in [1.82, 2.24) is 0 Å². The average molecular weight is 473 g/mol. The molecule has 0 aromatic rings. The molecule has 184 valence electrons. The zero-order valence-corrected chi connectivity index (χ0v) is 20.3. The summed E-state index contributed by atoms with van der Waals surface area (Å²) in [5.41, 5.74) is 0.584. The van der Waals surface area contributed by atoms with Crippen LogP contribution in [-0.4, -0.2) is 117 Å². The highest BCUT2D eigenvalue weighted by molar-refractivity contribution is 7.79. The number of likely N-dealkylation sites (N-methyl/N-ethyl adjacent to an activating group) is 2. The second-order valence-electron chi connectivity index (χ2n) is 8.63. The van der Waals surface area contributed by atoms with Crippen molar-refractivity contribution in [3.05, 3.63) is 24.3 Å². The molecular formula is C18H36N2O10S. The summed E-state index contributed by atoms with van der Waals surface area (Å²) >= 11 is 0. The first-order valence-electron chi connectivity index (χ1n) is 8.81. The molecule has 12 nitrogen and oxygen atoms in total. The predicted octanol–water partition coefficient (Wildman–Crippen LogP) is -1.08.